The monoisotopic (exact) mass is 178 g/mol. The highest BCUT2D eigenvalue weighted by Crippen LogP contribution is 2.20. The fraction of sp³-hybridized carbons (Fsp3) is 0.500. The van der Waals surface area contributed by atoms with Crippen molar-refractivity contribution in [3.63, 3.8) is 0 Å². The van der Waals surface area contributed by atoms with Crippen molar-refractivity contribution in [3.8, 4) is 0 Å². The van der Waals surface area contributed by atoms with Crippen LogP contribution in [-0.2, 0) is 0 Å². The Balaban J connectivity index is 2.08. The molecule has 0 unspecified atom stereocenters. The highest BCUT2D eigenvalue weighted by atomic mass is 16.3. The van der Waals surface area contributed by atoms with Crippen molar-refractivity contribution in [1.82, 2.24) is 10.3 Å². The predicted octanol–water partition coefficient (Wildman–Crippen LogP) is 0.867. The van der Waals surface area contributed by atoms with Crippen LogP contribution in [0.5, 0.6) is 0 Å². The van der Waals surface area contributed by atoms with Crippen molar-refractivity contribution >= 4 is 0 Å². The lowest BCUT2D eigenvalue weighted by Crippen LogP contribution is -2.29. The first kappa shape index (κ1) is 8.66. The number of pyridine rings is 1. The van der Waals surface area contributed by atoms with Crippen LogP contribution in [0.1, 0.15) is 24.6 Å². The van der Waals surface area contributed by atoms with Crippen molar-refractivity contribution in [2.45, 2.75) is 25.0 Å². The molecule has 0 aromatic carbocycles. The topological polar surface area (TPSA) is 45.2 Å². The number of nitrogens with zero attached hydrogens (tertiary/aromatic N) is 1. The fourth-order valence-corrected chi connectivity index (χ4v) is 1.74. The Labute approximate surface area is 77.8 Å². The first-order valence-electron chi connectivity index (χ1n) is 4.70. The van der Waals surface area contributed by atoms with Crippen LogP contribution in [0, 0.1) is 0 Å². The molecule has 3 heteroatoms. The Morgan fingerprint density at radius 2 is 2.46 bits per heavy atom. The summed E-state index contributed by atoms with van der Waals surface area (Å²) in [6.45, 7) is 1.01. The van der Waals surface area contributed by atoms with Crippen LogP contribution < -0.4 is 5.32 Å². The molecule has 0 spiro atoms. The number of aliphatic hydroxyl groups is 1. The quantitative estimate of drug-likeness (QED) is 0.706. The van der Waals surface area contributed by atoms with Gasteiger partial charge < -0.3 is 10.4 Å². The molecular formula is C10H14N2O. The minimum atomic E-state index is -0.455. The molecule has 3 nitrogen and oxygen atoms in total. The Morgan fingerprint density at radius 3 is 3.08 bits per heavy atom. The molecule has 1 aromatic heterocycles. The van der Waals surface area contributed by atoms with Gasteiger partial charge in [-0.1, -0.05) is 6.07 Å². The number of aliphatic hydroxyl groups excluding tert-OH is 1. The standard InChI is InChI=1S/C10H14N2O/c13-10(9-5-3-7-12-9)8-4-1-2-6-11-8/h1-2,4,6,9-10,12-13H,3,5,7H2/t9-,10+/m0/s1. The predicted molar refractivity (Wildman–Crippen MR) is 50.2 cm³/mol. The van der Waals surface area contributed by atoms with Crippen LogP contribution >= 0.6 is 0 Å². The highest BCUT2D eigenvalue weighted by Gasteiger charge is 2.24. The number of nitrogens with one attached hydrogen (secondary N) is 1. The molecule has 2 rings (SSSR count). The summed E-state index contributed by atoms with van der Waals surface area (Å²) < 4.78 is 0. The zero-order chi connectivity index (χ0) is 9.10. The van der Waals surface area contributed by atoms with Gasteiger partial charge in [0.25, 0.3) is 0 Å². The molecule has 13 heavy (non-hydrogen) atoms. The number of hydrogen-bond acceptors (Lipinski definition) is 3. The van der Waals surface area contributed by atoms with Gasteiger partial charge in [0.05, 0.1) is 5.69 Å². The third-order valence-electron chi connectivity index (χ3n) is 2.47. The summed E-state index contributed by atoms with van der Waals surface area (Å²) in [4.78, 5) is 4.13. The minimum absolute atomic E-state index is 0.190. The molecule has 2 heterocycles. The molecule has 1 aromatic rings. The Kier molecular flexibility index (Phi) is 2.57. The summed E-state index contributed by atoms with van der Waals surface area (Å²) in [7, 11) is 0. The second-order valence-electron chi connectivity index (χ2n) is 3.40. The highest BCUT2D eigenvalue weighted by molar-refractivity contribution is 5.09. The van der Waals surface area contributed by atoms with E-state index in [1.54, 1.807) is 6.20 Å². The van der Waals surface area contributed by atoms with E-state index in [1.807, 2.05) is 18.2 Å². The summed E-state index contributed by atoms with van der Waals surface area (Å²) in [6.07, 6.45) is 3.45. The van der Waals surface area contributed by atoms with Gasteiger partial charge in [-0.15, -0.1) is 0 Å². The van der Waals surface area contributed by atoms with E-state index < -0.39 is 6.10 Å². The van der Waals surface area contributed by atoms with Gasteiger partial charge in [-0.25, -0.2) is 0 Å². The first-order chi connectivity index (χ1) is 6.38. The molecule has 0 aliphatic carbocycles. The van der Waals surface area contributed by atoms with E-state index in [9.17, 15) is 5.11 Å². The lowest BCUT2D eigenvalue weighted by Gasteiger charge is -2.17. The normalized spacial score (nSPS) is 24.5. The summed E-state index contributed by atoms with van der Waals surface area (Å²) in [6, 6.07) is 5.82. The third-order valence-corrected chi connectivity index (χ3v) is 2.47. The number of aromatic nitrogens is 1. The van der Waals surface area contributed by atoms with Gasteiger partial charge in [0, 0.05) is 12.2 Å². The van der Waals surface area contributed by atoms with Gasteiger partial charge in [0.2, 0.25) is 0 Å². The van der Waals surface area contributed by atoms with Crippen LogP contribution in [0.15, 0.2) is 24.4 Å². The van der Waals surface area contributed by atoms with E-state index in [0.717, 1.165) is 25.1 Å². The van der Waals surface area contributed by atoms with Crippen LogP contribution in [0.2, 0.25) is 0 Å². The van der Waals surface area contributed by atoms with Crippen molar-refractivity contribution in [1.29, 1.82) is 0 Å². The van der Waals surface area contributed by atoms with E-state index in [1.165, 1.54) is 0 Å². The van der Waals surface area contributed by atoms with Crippen LogP contribution in [0.25, 0.3) is 0 Å². The molecule has 0 bridgehead atoms. The molecule has 1 saturated heterocycles. The molecule has 2 atom stereocenters. The fourth-order valence-electron chi connectivity index (χ4n) is 1.74. The van der Waals surface area contributed by atoms with Gasteiger partial charge >= 0.3 is 0 Å². The number of rotatable bonds is 2. The lowest BCUT2D eigenvalue weighted by molar-refractivity contribution is 0.133. The van der Waals surface area contributed by atoms with Gasteiger partial charge in [-0.2, -0.15) is 0 Å². The summed E-state index contributed by atoms with van der Waals surface area (Å²) in [5, 5.41) is 13.2. The van der Waals surface area contributed by atoms with Crippen LogP contribution in [0.3, 0.4) is 0 Å². The van der Waals surface area contributed by atoms with Crippen molar-refractivity contribution in [3.05, 3.63) is 30.1 Å². The molecule has 1 fully saturated rings. The lowest BCUT2D eigenvalue weighted by atomic mass is 10.1. The summed E-state index contributed by atoms with van der Waals surface area (Å²) in [5.74, 6) is 0. The van der Waals surface area contributed by atoms with E-state index in [-0.39, 0.29) is 6.04 Å². The summed E-state index contributed by atoms with van der Waals surface area (Å²) in [5.41, 5.74) is 0.766. The smallest absolute Gasteiger partial charge is 0.111 e. The number of hydrogen-bond donors (Lipinski definition) is 2. The molecule has 70 valence electrons. The van der Waals surface area contributed by atoms with Crippen LogP contribution in [-0.4, -0.2) is 22.7 Å². The van der Waals surface area contributed by atoms with E-state index in [0.29, 0.717) is 0 Å². The van der Waals surface area contributed by atoms with Crippen LogP contribution in [0.4, 0.5) is 0 Å². The molecule has 1 aliphatic heterocycles. The maximum Gasteiger partial charge on any atom is 0.111 e. The summed E-state index contributed by atoms with van der Waals surface area (Å²) >= 11 is 0. The van der Waals surface area contributed by atoms with E-state index in [4.69, 9.17) is 0 Å². The van der Waals surface area contributed by atoms with Gasteiger partial charge in [-0.3, -0.25) is 4.98 Å². The molecule has 2 N–H and O–H groups in total. The average molecular weight is 178 g/mol. The Morgan fingerprint density at radius 1 is 1.54 bits per heavy atom. The largest absolute Gasteiger partial charge is 0.385 e. The molecule has 1 aliphatic rings. The second kappa shape index (κ2) is 3.85. The molecule has 0 saturated carbocycles. The van der Waals surface area contributed by atoms with Gasteiger partial charge in [-0.05, 0) is 31.5 Å². The van der Waals surface area contributed by atoms with E-state index in [2.05, 4.69) is 10.3 Å². The van der Waals surface area contributed by atoms with Crippen molar-refractivity contribution in [2.75, 3.05) is 6.54 Å². The van der Waals surface area contributed by atoms with Crippen molar-refractivity contribution in [2.24, 2.45) is 0 Å². The Hall–Kier alpha value is -0.930. The first-order valence-corrected chi connectivity index (χ1v) is 4.70. The third kappa shape index (κ3) is 1.87. The second-order valence-corrected chi connectivity index (χ2v) is 3.40. The van der Waals surface area contributed by atoms with Gasteiger partial charge in [0.1, 0.15) is 6.10 Å². The zero-order valence-electron chi connectivity index (χ0n) is 7.48. The van der Waals surface area contributed by atoms with Crippen molar-refractivity contribution < 1.29 is 5.11 Å². The molecular weight excluding hydrogens is 164 g/mol. The van der Waals surface area contributed by atoms with Gasteiger partial charge in [0.15, 0.2) is 0 Å². The Bertz CT molecular complexity index is 257. The zero-order valence-corrected chi connectivity index (χ0v) is 7.48. The minimum Gasteiger partial charge on any atom is -0.385 e. The maximum atomic E-state index is 9.90. The average Bonchev–Trinajstić information content (AvgIpc) is 2.71. The molecule has 0 radical (unpaired) electrons. The van der Waals surface area contributed by atoms with E-state index >= 15 is 0 Å². The molecule has 0 amide bonds. The maximum absolute atomic E-state index is 9.90. The SMILES string of the molecule is O[C@H](c1ccccn1)[C@@H]1CCCN1.